The van der Waals surface area contributed by atoms with Crippen molar-refractivity contribution in [3.8, 4) is 5.75 Å². The Labute approximate surface area is 111 Å². The van der Waals surface area contributed by atoms with Crippen molar-refractivity contribution in [3.05, 3.63) is 52.0 Å². The lowest BCUT2D eigenvalue weighted by Crippen LogP contribution is -2.14. The van der Waals surface area contributed by atoms with Crippen LogP contribution < -0.4 is 0 Å². The monoisotopic (exact) mass is 302 g/mol. The summed E-state index contributed by atoms with van der Waals surface area (Å²) in [5.41, 5.74) is 0.326. The maximum absolute atomic E-state index is 12.0. The number of phenols is 1. The van der Waals surface area contributed by atoms with Crippen molar-refractivity contribution in [2.24, 2.45) is 0 Å². The Hall–Kier alpha value is -1.94. The number of carbonyl (C=O) groups is 2. The van der Waals surface area contributed by atoms with Crippen LogP contribution in [0.3, 0.4) is 0 Å². The maximum atomic E-state index is 12.0. The number of halogens is 1. The highest BCUT2D eigenvalue weighted by Gasteiger charge is 2.28. The minimum Gasteiger partial charge on any atom is -0.507 e. The number of ketones is 2. The van der Waals surface area contributed by atoms with E-state index in [4.69, 9.17) is 0 Å². The summed E-state index contributed by atoms with van der Waals surface area (Å²) >= 11 is 3.04. The van der Waals surface area contributed by atoms with Crippen molar-refractivity contribution < 1.29 is 14.7 Å². The van der Waals surface area contributed by atoms with Crippen molar-refractivity contribution in [2.45, 2.75) is 0 Å². The van der Waals surface area contributed by atoms with E-state index in [2.05, 4.69) is 15.9 Å². The van der Waals surface area contributed by atoms with Crippen molar-refractivity contribution in [1.29, 1.82) is 0 Å². The first-order valence-corrected chi connectivity index (χ1v) is 6.10. The van der Waals surface area contributed by atoms with Crippen molar-refractivity contribution in [2.75, 3.05) is 0 Å². The van der Waals surface area contributed by atoms with E-state index >= 15 is 0 Å². The first-order chi connectivity index (χ1) is 8.59. The Kier molecular flexibility index (Phi) is 2.35. The molecule has 0 bridgehead atoms. The zero-order valence-corrected chi connectivity index (χ0v) is 10.7. The summed E-state index contributed by atoms with van der Waals surface area (Å²) in [7, 11) is 0. The Bertz CT molecular complexity index is 744. The smallest absolute Gasteiger partial charge is 0.204 e. The van der Waals surface area contributed by atoms with Crippen molar-refractivity contribution in [3.63, 3.8) is 0 Å². The molecular formula is C14H7BrO3. The highest BCUT2D eigenvalue weighted by Crippen LogP contribution is 2.36. The number of benzene rings is 2. The Morgan fingerprint density at radius 2 is 1.83 bits per heavy atom. The first-order valence-electron chi connectivity index (χ1n) is 5.30. The SMILES string of the molecule is O=C1C=C(Br)C(=O)c2c1cc1ccccc1c2O. The van der Waals surface area contributed by atoms with E-state index in [9.17, 15) is 14.7 Å². The zero-order valence-electron chi connectivity index (χ0n) is 9.11. The molecule has 0 saturated heterocycles. The van der Waals surface area contributed by atoms with Gasteiger partial charge >= 0.3 is 0 Å². The molecule has 0 saturated carbocycles. The third-order valence-corrected chi connectivity index (χ3v) is 3.58. The number of hydrogen-bond acceptors (Lipinski definition) is 3. The molecule has 0 spiro atoms. The van der Waals surface area contributed by atoms with Crippen LogP contribution in [-0.2, 0) is 0 Å². The van der Waals surface area contributed by atoms with Gasteiger partial charge < -0.3 is 5.11 Å². The minimum absolute atomic E-state index is 0.0769. The number of Topliss-reactive ketones (excluding diaryl/α,β-unsaturated/α-hetero) is 1. The number of rotatable bonds is 0. The molecule has 0 amide bonds. The quantitative estimate of drug-likeness (QED) is 0.813. The molecule has 0 radical (unpaired) electrons. The zero-order chi connectivity index (χ0) is 12.9. The molecule has 1 aliphatic carbocycles. The predicted octanol–water partition coefficient (Wildman–Crippen LogP) is 3.20. The molecule has 2 aromatic carbocycles. The Morgan fingerprint density at radius 3 is 2.61 bits per heavy atom. The van der Waals surface area contributed by atoms with Gasteiger partial charge in [-0.15, -0.1) is 0 Å². The van der Waals surface area contributed by atoms with E-state index in [0.29, 0.717) is 5.39 Å². The maximum Gasteiger partial charge on any atom is 0.204 e. The molecule has 2 aromatic rings. The van der Waals surface area contributed by atoms with Gasteiger partial charge in [0.05, 0.1) is 10.0 Å². The summed E-state index contributed by atoms with van der Waals surface area (Å²) in [5, 5.41) is 11.5. The van der Waals surface area contributed by atoms with Crippen LogP contribution in [-0.4, -0.2) is 16.7 Å². The summed E-state index contributed by atoms with van der Waals surface area (Å²) in [6, 6.07) is 8.74. The van der Waals surface area contributed by atoms with Crippen LogP contribution in [0.5, 0.6) is 5.75 Å². The van der Waals surface area contributed by atoms with Crippen LogP contribution in [0, 0.1) is 0 Å². The van der Waals surface area contributed by atoms with Gasteiger partial charge in [0.1, 0.15) is 5.75 Å². The Balaban J connectivity index is 2.46. The fourth-order valence-corrected chi connectivity index (χ4v) is 2.54. The largest absolute Gasteiger partial charge is 0.507 e. The molecule has 0 aromatic heterocycles. The molecule has 0 fully saturated rings. The number of allylic oxidation sites excluding steroid dienone is 2. The molecule has 3 nitrogen and oxygen atoms in total. The van der Waals surface area contributed by atoms with E-state index in [-0.39, 0.29) is 32.9 Å². The fraction of sp³-hybridized carbons (Fsp3) is 0. The van der Waals surface area contributed by atoms with Gasteiger partial charge in [-0.05, 0) is 27.4 Å². The summed E-state index contributed by atoms with van der Waals surface area (Å²) in [5.74, 6) is -0.781. The van der Waals surface area contributed by atoms with Gasteiger partial charge in [-0.1, -0.05) is 24.3 Å². The first kappa shape index (κ1) is 11.2. The third-order valence-electron chi connectivity index (χ3n) is 2.99. The van der Waals surface area contributed by atoms with Crippen molar-refractivity contribution >= 4 is 38.3 Å². The van der Waals surface area contributed by atoms with E-state index in [1.165, 1.54) is 6.08 Å². The fourth-order valence-electron chi connectivity index (χ4n) is 2.13. The average molecular weight is 303 g/mol. The van der Waals surface area contributed by atoms with Gasteiger partial charge in [-0.2, -0.15) is 0 Å². The van der Waals surface area contributed by atoms with E-state index in [1.54, 1.807) is 24.3 Å². The normalized spacial score (nSPS) is 14.6. The van der Waals surface area contributed by atoms with Crippen LogP contribution in [0.4, 0.5) is 0 Å². The van der Waals surface area contributed by atoms with E-state index < -0.39 is 0 Å². The molecule has 3 rings (SSSR count). The minimum atomic E-state index is -0.368. The van der Waals surface area contributed by atoms with E-state index in [1.807, 2.05) is 6.07 Å². The van der Waals surface area contributed by atoms with Crippen LogP contribution in [0.15, 0.2) is 40.9 Å². The predicted molar refractivity (Wildman–Crippen MR) is 71.3 cm³/mol. The van der Waals surface area contributed by atoms with Crippen molar-refractivity contribution in [1.82, 2.24) is 0 Å². The van der Waals surface area contributed by atoms with Gasteiger partial charge in [-0.3, -0.25) is 9.59 Å². The second-order valence-corrected chi connectivity index (χ2v) is 4.91. The number of carbonyl (C=O) groups excluding carboxylic acids is 2. The van der Waals surface area contributed by atoms with Crippen LogP contribution in [0.2, 0.25) is 0 Å². The molecule has 0 atom stereocenters. The molecule has 1 N–H and O–H groups in total. The van der Waals surface area contributed by atoms with Gasteiger partial charge in [0.15, 0.2) is 5.78 Å². The van der Waals surface area contributed by atoms with Crippen LogP contribution in [0.25, 0.3) is 10.8 Å². The number of fused-ring (bicyclic) bond motifs is 2. The second-order valence-electron chi connectivity index (χ2n) is 4.05. The molecule has 4 heteroatoms. The number of hydrogen-bond donors (Lipinski definition) is 1. The summed E-state index contributed by atoms with van der Waals surface area (Å²) in [4.78, 5) is 23.9. The Morgan fingerprint density at radius 1 is 1.11 bits per heavy atom. The molecule has 0 aliphatic heterocycles. The topological polar surface area (TPSA) is 54.4 Å². The van der Waals surface area contributed by atoms with Gasteiger partial charge in [0.2, 0.25) is 5.78 Å². The molecular weight excluding hydrogens is 296 g/mol. The van der Waals surface area contributed by atoms with Crippen LogP contribution >= 0.6 is 15.9 Å². The molecule has 18 heavy (non-hydrogen) atoms. The lowest BCUT2D eigenvalue weighted by atomic mass is 9.90. The highest BCUT2D eigenvalue weighted by molar-refractivity contribution is 9.12. The van der Waals surface area contributed by atoms with Crippen LogP contribution in [0.1, 0.15) is 20.7 Å². The number of aromatic hydroxyl groups is 1. The lowest BCUT2D eigenvalue weighted by Gasteiger charge is -2.15. The van der Waals surface area contributed by atoms with Gasteiger partial charge in [0.25, 0.3) is 0 Å². The summed E-state index contributed by atoms with van der Waals surface area (Å²) < 4.78 is 0.172. The molecule has 0 heterocycles. The third kappa shape index (κ3) is 1.42. The molecule has 1 aliphatic rings. The standard InChI is InChI=1S/C14H7BrO3/c15-10-6-11(16)9-5-7-3-1-2-4-8(7)13(17)12(9)14(10)18/h1-6,17H. The average Bonchev–Trinajstić information content (AvgIpc) is 2.36. The highest BCUT2D eigenvalue weighted by atomic mass is 79.9. The summed E-state index contributed by atoms with van der Waals surface area (Å²) in [6.45, 7) is 0. The summed E-state index contributed by atoms with van der Waals surface area (Å²) in [6.07, 6.45) is 1.23. The lowest BCUT2D eigenvalue weighted by molar-refractivity contribution is 0.0990. The van der Waals surface area contributed by atoms with Gasteiger partial charge in [0, 0.05) is 17.0 Å². The molecule has 0 unspecified atom stereocenters. The number of phenolic OH excluding ortho intramolecular Hbond substituents is 1. The molecule has 88 valence electrons. The van der Waals surface area contributed by atoms with E-state index in [0.717, 1.165) is 5.39 Å². The second kappa shape index (κ2) is 3.78. The van der Waals surface area contributed by atoms with Gasteiger partial charge in [-0.25, -0.2) is 0 Å².